The SMILES string of the molecule is CCOC(=O)NC(=O)CN(C)CC(=O)Nc1cccc(OC)c1. The lowest BCUT2D eigenvalue weighted by Gasteiger charge is -2.15. The third kappa shape index (κ3) is 7.28. The van der Waals surface area contributed by atoms with E-state index in [1.54, 1.807) is 38.2 Å². The van der Waals surface area contributed by atoms with Gasteiger partial charge in [0.15, 0.2) is 0 Å². The molecule has 0 heterocycles. The number of hydrogen-bond donors (Lipinski definition) is 2. The molecular weight excluding hydrogens is 302 g/mol. The van der Waals surface area contributed by atoms with Crippen molar-refractivity contribution in [3.8, 4) is 5.75 Å². The molecule has 126 valence electrons. The van der Waals surface area contributed by atoms with Crippen LogP contribution in [0.25, 0.3) is 0 Å². The Balaban J connectivity index is 2.41. The maximum Gasteiger partial charge on any atom is 0.413 e. The second kappa shape index (κ2) is 9.42. The molecule has 23 heavy (non-hydrogen) atoms. The van der Waals surface area contributed by atoms with Gasteiger partial charge in [0.05, 0.1) is 26.8 Å². The lowest BCUT2D eigenvalue weighted by atomic mass is 10.3. The van der Waals surface area contributed by atoms with Crippen molar-refractivity contribution in [1.82, 2.24) is 10.2 Å². The van der Waals surface area contributed by atoms with Crippen LogP contribution in [0.5, 0.6) is 5.75 Å². The van der Waals surface area contributed by atoms with Crippen LogP contribution in [0.3, 0.4) is 0 Å². The summed E-state index contributed by atoms with van der Waals surface area (Å²) in [6.45, 7) is 1.70. The zero-order chi connectivity index (χ0) is 17.2. The zero-order valence-electron chi connectivity index (χ0n) is 13.4. The van der Waals surface area contributed by atoms with Crippen molar-refractivity contribution in [3.05, 3.63) is 24.3 Å². The molecule has 8 heteroatoms. The van der Waals surface area contributed by atoms with Crippen LogP contribution >= 0.6 is 0 Å². The minimum absolute atomic E-state index is 0.00649. The van der Waals surface area contributed by atoms with Gasteiger partial charge in [0.2, 0.25) is 11.8 Å². The lowest BCUT2D eigenvalue weighted by molar-refractivity contribution is -0.122. The summed E-state index contributed by atoms with van der Waals surface area (Å²) < 4.78 is 9.66. The summed E-state index contributed by atoms with van der Waals surface area (Å²) in [5, 5.41) is 4.76. The summed E-state index contributed by atoms with van der Waals surface area (Å²) >= 11 is 0. The summed E-state index contributed by atoms with van der Waals surface area (Å²) in [5.74, 6) is -0.199. The summed E-state index contributed by atoms with van der Waals surface area (Å²) in [5.41, 5.74) is 0.596. The van der Waals surface area contributed by atoms with E-state index in [2.05, 4.69) is 15.4 Å². The van der Waals surface area contributed by atoms with E-state index in [0.717, 1.165) is 0 Å². The predicted molar refractivity (Wildman–Crippen MR) is 84.3 cm³/mol. The largest absolute Gasteiger partial charge is 0.497 e. The number of hydrogen-bond acceptors (Lipinski definition) is 6. The van der Waals surface area contributed by atoms with E-state index in [1.807, 2.05) is 0 Å². The van der Waals surface area contributed by atoms with Crippen molar-refractivity contribution in [1.29, 1.82) is 0 Å². The standard InChI is InChI=1S/C15H21N3O5/c1-4-23-15(21)17-14(20)10-18(2)9-13(19)16-11-6-5-7-12(8-11)22-3/h5-8H,4,9-10H2,1-3H3,(H,16,19)(H,17,20,21). The number of nitrogens with one attached hydrogen (secondary N) is 2. The molecule has 0 unspecified atom stereocenters. The molecule has 1 aromatic rings. The van der Waals surface area contributed by atoms with Crippen molar-refractivity contribution in [2.45, 2.75) is 6.92 Å². The number of benzene rings is 1. The third-order valence-electron chi connectivity index (χ3n) is 2.70. The molecule has 0 spiro atoms. The number of imide groups is 1. The van der Waals surface area contributed by atoms with Crippen LogP contribution < -0.4 is 15.4 Å². The molecule has 1 rings (SSSR count). The number of alkyl carbamates (subject to hydrolysis) is 1. The van der Waals surface area contributed by atoms with Gasteiger partial charge in [0.1, 0.15) is 5.75 Å². The Morgan fingerprint density at radius 3 is 2.52 bits per heavy atom. The molecule has 0 aromatic heterocycles. The third-order valence-corrected chi connectivity index (χ3v) is 2.70. The van der Waals surface area contributed by atoms with E-state index in [4.69, 9.17) is 4.74 Å². The van der Waals surface area contributed by atoms with E-state index in [9.17, 15) is 14.4 Å². The minimum atomic E-state index is -0.799. The molecule has 0 aliphatic heterocycles. The number of ether oxygens (including phenoxy) is 2. The van der Waals surface area contributed by atoms with Crippen LogP contribution in [0.2, 0.25) is 0 Å². The number of amides is 3. The van der Waals surface area contributed by atoms with Gasteiger partial charge in [-0.3, -0.25) is 19.8 Å². The smallest absolute Gasteiger partial charge is 0.413 e. The predicted octanol–water partition coefficient (Wildman–Crippen LogP) is 0.838. The highest BCUT2D eigenvalue weighted by Crippen LogP contribution is 2.16. The number of rotatable bonds is 7. The number of carbonyl (C=O) groups is 3. The average molecular weight is 323 g/mol. The van der Waals surface area contributed by atoms with Crippen molar-refractivity contribution in [3.63, 3.8) is 0 Å². The minimum Gasteiger partial charge on any atom is -0.497 e. The van der Waals surface area contributed by atoms with Gasteiger partial charge in [-0.1, -0.05) is 6.07 Å². The first-order valence-corrected chi connectivity index (χ1v) is 7.03. The number of anilines is 1. The van der Waals surface area contributed by atoms with Gasteiger partial charge in [0.25, 0.3) is 0 Å². The fraction of sp³-hybridized carbons (Fsp3) is 0.400. The van der Waals surface area contributed by atoms with E-state index in [1.165, 1.54) is 12.0 Å². The van der Waals surface area contributed by atoms with Crippen molar-refractivity contribution in [2.24, 2.45) is 0 Å². The van der Waals surface area contributed by atoms with Gasteiger partial charge in [-0.05, 0) is 26.1 Å². The molecule has 0 aliphatic carbocycles. The molecular formula is C15H21N3O5. The number of carbonyl (C=O) groups excluding carboxylic acids is 3. The van der Waals surface area contributed by atoms with Crippen molar-refractivity contribution >= 4 is 23.6 Å². The molecule has 0 saturated heterocycles. The molecule has 2 N–H and O–H groups in total. The van der Waals surface area contributed by atoms with Crippen molar-refractivity contribution in [2.75, 3.05) is 39.2 Å². The molecule has 0 saturated carbocycles. The number of nitrogens with zero attached hydrogens (tertiary/aromatic N) is 1. The second-order valence-corrected chi connectivity index (χ2v) is 4.72. The monoisotopic (exact) mass is 323 g/mol. The van der Waals surface area contributed by atoms with Crippen LogP contribution in [0.15, 0.2) is 24.3 Å². The Bertz CT molecular complexity index is 562. The van der Waals surface area contributed by atoms with Gasteiger partial charge in [-0.2, -0.15) is 0 Å². The Hall–Kier alpha value is -2.61. The Morgan fingerprint density at radius 2 is 1.87 bits per heavy atom. The van der Waals surface area contributed by atoms with E-state index in [0.29, 0.717) is 11.4 Å². The topological polar surface area (TPSA) is 97.0 Å². The molecule has 3 amide bonds. The molecule has 0 aliphatic rings. The highest BCUT2D eigenvalue weighted by Gasteiger charge is 2.13. The lowest BCUT2D eigenvalue weighted by Crippen LogP contribution is -2.41. The Labute approximate surface area is 134 Å². The summed E-state index contributed by atoms with van der Waals surface area (Å²) in [6, 6.07) is 6.94. The van der Waals surface area contributed by atoms with Gasteiger partial charge < -0.3 is 14.8 Å². The van der Waals surface area contributed by atoms with Crippen LogP contribution in [-0.2, 0) is 14.3 Å². The zero-order valence-corrected chi connectivity index (χ0v) is 13.4. The summed E-state index contributed by atoms with van der Waals surface area (Å²) in [7, 11) is 3.13. The Kier molecular flexibility index (Phi) is 7.55. The van der Waals surface area contributed by atoms with Gasteiger partial charge >= 0.3 is 6.09 Å². The fourth-order valence-corrected chi connectivity index (χ4v) is 1.77. The van der Waals surface area contributed by atoms with Crippen LogP contribution in [0.4, 0.5) is 10.5 Å². The fourth-order valence-electron chi connectivity index (χ4n) is 1.77. The maximum absolute atomic E-state index is 11.9. The number of methoxy groups -OCH3 is 1. The van der Waals surface area contributed by atoms with Gasteiger partial charge in [-0.15, -0.1) is 0 Å². The first-order chi connectivity index (χ1) is 10.9. The molecule has 0 fully saturated rings. The molecule has 0 atom stereocenters. The van der Waals surface area contributed by atoms with Crippen molar-refractivity contribution < 1.29 is 23.9 Å². The van der Waals surface area contributed by atoms with Gasteiger partial charge in [-0.25, -0.2) is 4.79 Å². The van der Waals surface area contributed by atoms with E-state index >= 15 is 0 Å². The number of likely N-dealkylation sites (N-methyl/N-ethyl adjacent to an activating group) is 1. The molecule has 8 nitrogen and oxygen atoms in total. The molecule has 1 aromatic carbocycles. The molecule has 0 radical (unpaired) electrons. The maximum atomic E-state index is 11.9. The van der Waals surface area contributed by atoms with Crippen LogP contribution in [0.1, 0.15) is 6.92 Å². The summed E-state index contributed by atoms with van der Waals surface area (Å²) in [6.07, 6.45) is -0.799. The second-order valence-electron chi connectivity index (χ2n) is 4.72. The Morgan fingerprint density at radius 1 is 1.17 bits per heavy atom. The van der Waals surface area contributed by atoms with Crippen LogP contribution in [-0.4, -0.2) is 56.7 Å². The van der Waals surface area contributed by atoms with Gasteiger partial charge in [0, 0.05) is 11.8 Å². The molecule has 0 bridgehead atoms. The van der Waals surface area contributed by atoms with E-state index < -0.39 is 12.0 Å². The highest BCUT2D eigenvalue weighted by atomic mass is 16.5. The van der Waals surface area contributed by atoms with E-state index in [-0.39, 0.29) is 25.6 Å². The first kappa shape index (κ1) is 18.4. The van der Waals surface area contributed by atoms with Crippen LogP contribution in [0, 0.1) is 0 Å². The normalized spacial score (nSPS) is 10.1. The quantitative estimate of drug-likeness (QED) is 0.772. The summed E-state index contributed by atoms with van der Waals surface area (Å²) in [4.78, 5) is 36.0. The highest BCUT2D eigenvalue weighted by molar-refractivity contribution is 5.94. The average Bonchev–Trinajstić information content (AvgIpc) is 2.46. The first-order valence-electron chi connectivity index (χ1n) is 7.03.